The minimum absolute atomic E-state index is 0.338. The van der Waals surface area contributed by atoms with Gasteiger partial charge in [0.2, 0.25) is 0 Å². The van der Waals surface area contributed by atoms with Gasteiger partial charge in [-0.3, -0.25) is 0 Å². The first kappa shape index (κ1) is 14.9. The van der Waals surface area contributed by atoms with Crippen LogP contribution >= 0.6 is 7.92 Å². The topological polar surface area (TPSA) is 40.5 Å². The predicted octanol–water partition coefficient (Wildman–Crippen LogP) is 3.56. The van der Waals surface area contributed by atoms with E-state index in [0.29, 0.717) is 17.2 Å². The molecule has 2 N–H and O–H groups in total. The fourth-order valence-corrected chi connectivity index (χ4v) is 5.04. The summed E-state index contributed by atoms with van der Waals surface area (Å²) >= 11 is 0. The van der Waals surface area contributed by atoms with Gasteiger partial charge in [0, 0.05) is 10.6 Å². The molecule has 0 bridgehead atoms. The third-order valence-corrected chi connectivity index (χ3v) is 6.26. The molecule has 20 heavy (non-hydrogen) atoms. The molecule has 0 heterocycles. The second kappa shape index (κ2) is 5.85. The van der Waals surface area contributed by atoms with Gasteiger partial charge in [0.05, 0.1) is 0 Å². The van der Waals surface area contributed by atoms with Crippen LogP contribution in [0.2, 0.25) is 0 Å². The number of phenolic OH excluding ortho intramolecular Hbond substituents is 2. The summed E-state index contributed by atoms with van der Waals surface area (Å²) in [5, 5.41) is 22.6. The maximum Gasteiger partial charge on any atom is 0.126 e. The standard InChI is InChI=1S/C17H21O2P/c1-11(2)20(14-9-5-7-12(3)16(14)18)15-10-6-8-13(4)17(15)19/h5-11,18-19H,1-4H3. The van der Waals surface area contributed by atoms with Crippen molar-refractivity contribution in [2.45, 2.75) is 33.4 Å². The zero-order chi connectivity index (χ0) is 14.9. The molecule has 2 aromatic carbocycles. The Morgan fingerprint density at radius 2 is 1.20 bits per heavy atom. The molecule has 0 fully saturated rings. The Labute approximate surface area is 121 Å². The van der Waals surface area contributed by atoms with Crippen molar-refractivity contribution in [1.82, 2.24) is 0 Å². The number of rotatable bonds is 3. The van der Waals surface area contributed by atoms with E-state index in [9.17, 15) is 10.2 Å². The Hall–Kier alpha value is -1.53. The molecule has 2 rings (SSSR count). The van der Waals surface area contributed by atoms with Crippen molar-refractivity contribution in [1.29, 1.82) is 0 Å². The van der Waals surface area contributed by atoms with Gasteiger partial charge in [0.1, 0.15) is 11.5 Å². The zero-order valence-corrected chi connectivity index (χ0v) is 13.3. The van der Waals surface area contributed by atoms with E-state index in [1.807, 2.05) is 50.2 Å². The number of hydrogen-bond donors (Lipinski definition) is 2. The second-order valence-corrected chi connectivity index (χ2v) is 8.09. The zero-order valence-electron chi connectivity index (χ0n) is 12.4. The Balaban J connectivity index is 2.63. The third-order valence-electron chi connectivity index (χ3n) is 3.47. The summed E-state index contributed by atoms with van der Waals surface area (Å²) in [6, 6.07) is 11.7. The normalized spacial score (nSPS) is 11.3. The molecule has 0 radical (unpaired) electrons. The number of para-hydroxylation sites is 2. The molecule has 0 aromatic heterocycles. The van der Waals surface area contributed by atoms with Crippen molar-refractivity contribution in [2.24, 2.45) is 0 Å². The molecule has 0 spiro atoms. The molecule has 0 saturated carbocycles. The van der Waals surface area contributed by atoms with Crippen molar-refractivity contribution in [2.75, 3.05) is 0 Å². The summed E-state index contributed by atoms with van der Waals surface area (Å²) in [5.41, 5.74) is 2.09. The molecular formula is C17H21O2P. The van der Waals surface area contributed by atoms with Crippen LogP contribution in [0.5, 0.6) is 11.5 Å². The van der Waals surface area contributed by atoms with Gasteiger partial charge in [0.15, 0.2) is 0 Å². The van der Waals surface area contributed by atoms with Gasteiger partial charge in [0.25, 0.3) is 0 Å². The summed E-state index contributed by atoms with van der Waals surface area (Å²) in [7, 11) is -0.784. The van der Waals surface area contributed by atoms with E-state index in [1.165, 1.54) is 0 Å². The van der Waals surface area contributed by atoms with Gasteiger partial charge in [-0.1, -0.05) is 50.2 Å². The van der Waals surface area contributed by atoms with Gasteiger partial charge in [-0.05, 0) is 38.6 Å². The van der Waals surface area contributed by atoms with Crippen LogP contribution < -0.4 is 10.6 Å². The highest BCUT2D eigenvalue weighted by molar-refractivity contribution is 7.74. The fourth-order valence-electron chi connectivity index (χ4n) is 2.36. The first-order valence-electron chi connectivity index (χ1n) is 6.80. The van der Waals surface area contributed by atoms with Gasteiger partial charge in [-0.15, -0.1) is 0 Å². The van der Waals surface area contributed by atoms with E-state index in [4.69, 9.17) is 0 Å². The quantitative estimate of drug-likeness (QED) is 0.848. The summed E-state index contributed by atoms with van der Waals surface area (Å²) in [5.74, 6) is 0.710. The van der Waals surface area contributed by atoms with E-state index in [0.717, 1.165) is 21.7 Å². The maximum atomic E-state index is 10.4. The lowest BCUT2D eigenvalue weighted by atomic mass is 10.2. The maximum absolute atomic E-state index is 10.4. The minimum atomic E-state index is -0.784. The first-order chi connectivity index (χ1) is 9.43. The van der Waals surface area contributed by atoms with Crippen LogP contribution in [0.15, 0.2) is 36.4 Å². The smallest absolute Gasteiger partial charge is 0.126 e. The number of hydrogen-bond acceptors (Lipinski definition) is 2. The van der Waals surface area contributed by atoms with E-state index in [-0.39, 0.29) is 0 Å². The molecule has 0 saturated heterocycles. The Morgan fingerprint density at radius 3 is 1.55 bits per heavy atom. The lowest BCUT2D eigenvalue weighted by Crippen LogP contribution is -2.19. The average molecular weight is 288 g/mol. The highest BCUT2D eigenvalue weighted by Crippen LogP contribution is 2.45. The monoisotopic (exact) mass is 288 g/mol. The van der Waals surface area contributed by atoms with E-state index in [1.54, 1.807) is 0 Å². The molecule has 2 aromatic rings. The van der Waals surface area contributed by atoms with Crippen LogP contribution in [0.25, 0.3) is 0 Å². The average Bonchev–Trinajstić information content (AvgIpc) is 2.39. The van der Waals surface area contributed by atoms with Crippen molar-refractivity contribution < 1.29 is 10.2 Å². The molecule has 0 atom stereocenters. The van der Waals surface area contributed by atoms with E-state index in [2.05, 4.69) is 13.8 Å². The van der Waals surface area contributed by atoms with Gasteiger partial charge >= 0.3 is 0 Å². The third kappa shape index (κ3) is 2.66. The molecule has 0 aliphatic carbocycles. The summed E-state index contributed by atoms with van der Waals surface area (Å²) in [6.45, 7) is 8.08. The molecule has 0 aliphatic rings. The number of aromatic hydroxyl groups is 2. The largest absolute Gasteiger partial charge is 0.507 e. The molecule has 106 valence electrons. The number of aryl methyl sites for hydroxylation is 2. The molecule has 0 aliphatic heterocycles. The van der Waals surface area contributed by atoms with Gasteiger partial charge in [-0.2, -0.15) is 0 Å². The number of phenols is 2. The molecule has 0 unspecified atom stereocenters. The molecule has 3 heteroatoms. The predicted molar refractivity (Wildman–Crippen MR) is 87.0 cm³/mol. The Bertz CT molecular complexity index is 569. The van der Waals surface area contributed by atoms with Crippen molar-refractivity contribution in [3.63, 3.8) is 0 Å². The fraction of sp³-hybridized carbons (Fsp3) is 0.294. The highest BCUT2D eigenvalue weighted by atomic mass is 31.1. The summed E-state index contributed by atoms with van der Waals surface area (Å²) in [4.78, 5) is 0. The van der Waals surface area contributed by atoms with Gasteiger partial charge in [-0.25, -0.2) is 0 Å². The van der Waals surface area contributed by atoms with Crippen LogP contribution in [0.1, 0.15) is 25.0 Å². The van der Waals surface area contributed by atoms with Crippen LogP contribution in [-0.4, -0.2) is 15.9 Å². The van der Waals surface area contributed by atoms with Gasteiger partial charge < -0.3 is 10.2 Å². The van der Waals surface area contributed by atoms with E-state index < -0.39 is 7.92 Å². The highest BCUT2D eigenvalue weighted by Gasteiger charge is 2.24. The minimum Gasteiger partial charge on any atom is -0.507 e. The SMILES string of the molecule is Cc1cccc(P(c2cccc(C)c2O)C(C)C)c1O. The second-order valence-electron chi connectivity index (χ2n) is 5.35. The molecule has 2 nitrogen and oxygen atoms in total. The molecule has 0 amide bonds. The number of benzene rings is 2. The van der Waals surface area contributed by atoms with Crippen molar-refractivity contribution in [3.05, 3.63) is 47.5 Å². The van der Waals surface area contributed by atoms with Crippen LogP contribution in [0.4, 0.5) is 0 Å². The lowest BCUT2D eigenvalue weighted by molar-refractivity contribution is 0.474. The summed E-state index contributed by atoms with van der Waals surface area (Å²) < 4.78 is 0. The summed E-state index contributed by atoms with van der Waals surface area (Å²) in [6.07, 6.45) is 0. The van der Waals surface area contributed by atoms with Crippen molar-refractivity contribution >= 4 is 18.5 Å². The van der Waals surface area contributed by atoms with E-state index >= 15 is 0 Å². The lowest BCUT2D eigenvalue weighted by Gasteiger charge is -2.25. The van der Waals surface area contributed by atoms with Crippen LogP contribution in [0, 0.1) is 13.8 Å². The Kier molecular flexibility index (Phi) is 4.35. The first-order valence-corrected chi connectivity index (χ1v) is 8.21. The molecular weight excluding hydrogens is 267 g/mol. The van der Waals surface area contributed by atoms with Crippen LogP contribution in [-0.2, 0) is 0 Å². The van der Waals surface area contributed by atoms with Crippen molar-refractivity contribution in [3.8, 4) is 11.5 Å². The van der Waals surface area contributed by atoms with Crippen LogP contribution in [0.3, 0.4) is 0 Å². The Morgan fingerprint density at radius 1 is 0.800 bits per heavy atom.